The molecule has 80 valence electrons. The Morgan fingerprint density at radius 2 is 2.14 bits per heavy atom. The van der Waals surface area contributed by atoms with Crippen LogP contribution in [0.4, 0.5) is 0 Å². The fourth-order valence-corrected chi connectivity index (χ4v) is 3.93. The molecule has 4 atom stereocenters. The van der Waals surface area contributed by atoms with Crippen LogP contribution in [0.2, 0.25) is 0 Å². The standard InChI is InChI=1S/C13H22O/c1-4-10-9(2)7-8-13(3)11(10)5-6-12(13)14/h9-11H,4-8H2,1-3H3. The number of Topliss-reactive ketones (excluding diaryl/α,β-unsaturated/α-hetero) is 1. The summed E-state index contributed by atoms with van der Waals surface area (Å²) in [4.78, 5) is 11.9. The van der Waals surface area contributed by atoms with E-state index in [0.29, 0.717) is 11.7 Å². The number of carbonyl (C=O) groups is 1. The molecule has 2 saturated carbocycles. The van der Waals surface area contributed by atoms with Gasteiger partial charge >= 0.3 is 0 Å². The van der Waals surface area contributed by atoms with E-state index in [9.17, 15) is 4.79 Å². The van der Waals surface area contributed by atoms with Crippen LogP contribution in [0, 0.1) is 23.2 Å². The average Bonchev–Trinajstić information content (AvgIpc) is 2.45. The van der Waals surface area contributed by atoms with Crippen molar-refractivity contribution in [2.45, 2.75) is 52.9 Å². The maximum Gasteiger partial charge on any atom is 0.139 e. The Hall–Kier alpha value is -0.330. The van der Waals surface area contributed by atoms with Gasteiger partial charge in [-0.3, -0.25) is 4.79 Å². The van der Waals surface area contributed by atoms with Crippen LogP contribution in [-0.4, -0.2) is 5.78 Å². The minimum absolute atomic E-state index is 0.0627. The van der Waals surface area contributed by atoms with E-state index in [1.54, 1.807) is 0 Å². The van der Waals surface area contributed by atoms with E-state index in [2.05, 4.69) is 20.8 Å². The molecule has 0 bridgehead atoms. The van der Waals surface area contributed by atoms with E-state index in [1.807, 2.05) is 0 Å². The number of fused-ring (bicyclic) bond motifs is 1. The van der Waals surface area contributed by atoms with Crippen LogP contribution in [0.15, 0.2) is 0 Å². The van der Waals surface area contributed by atoms with Crippen molar-refractivity contribution in [2.24, 2.45) is 23.2 Å². The molecule has 0 aromatic heterocycles. The fraction of sp³-hybridized carbons (Fsp3) is 0.923. The third-order valence-corrected chi connectivity index (χ3v) is 4.98. The van der Waals surface area contributed by atoms with Gasteiger partial charge in [-0.1, -0.05) is 27.2 Å². The van der Waals surface area contributed by atoms with Crippen molar-refractivity contribution < 1.29 is 4.79 Å². The fourth-order valence-electron chi connectivity index (χ4n) is 3.93. The van der Waals surface area contributed by atoms with Crippen molar-refractivity contribution >= 4 is 5.78 Å². The van der Waals surface area contributed by atoms with Crippen LogP contribution < -0.4 is 0 Å². The van der Waals surface area contributed by atoms with Crippen LogP contribution in [0.25, 0.3) is 0 Å². The smallest absolute Gasteiger partial charge is 0.139 e. The molecule has 0 amide bonds. The predicted octanol–water partition coefficient (Wildman–Crippen LogP) is 3.43. The molecular weight excluding hydrogens is 172 g/mol. The highest BCUT2D eigenvalue weighted by Crippen LogP contribution is 2.54. The molecule has 0 heterocycles. The van der Waals surface area contributed by atoms with Gasteiger partial charge in [0, 0.05) is 11.8 Å². The molecule has 0 radical (unpaired) electrons. The van der Waals surface area contributed by atoms with Crippen molar-refractivity contribution in [3.8, 4) is 0 Å². The van der Waals surface area contributed by atoms with Crippen LogP contribution >= 0.6 is 0 Å². The second-order valence-electron chi connectivity index (χ2n) is 5.57. The summed E-state index contributed by atoms with van der Waals surface area (Å²) in [5.41, 5.74) is 0.0627. The molecule has 0 aliphatic heterocycles. The highest BCUT2D eigenvalue weighted by Gasteiger charge is 2.51. The summed E-state index contributed by atoms with van der Waals surface area (Å²) in [5.74, 6) is 2.89. The number of hydrogen-bond acceptors (Lipinski definition) is 1. The van der Waals surface area contributed by atoms with Crippen molar-refractivity contribution in [3.63, 3.8) is 0 Å². The van der Waals surface area contributed by atoms with E-state index in [4.69, 9.17) is 0 Å². The summed E-state index contributed by atoms with van der Waals surface area (Å²) in [6, 6.07) is 0. The third kappa shape index (κ3) is 1.24. The molecule has 1 nitrogen and oxygen atoms in total. The number of rotatable bonds is 1. The summed E-state index contributed by atoms with van der Waals surface area (Å²) in [5, 5.41) is 0. The maximum absolute atomic E-state index is 11.9. The van der Waals surface area contributed by atoms with Crippen molar-refractivity contribution in [1.82, 2.24) is 0 Å². The molecule has 4 unspecified atom stereocenters. The van der Waals surface area contributed by atoms with Crippen molar-refractivity contribution in [3.05, 3.63) is 0 Å². The Morgan fingerprint density at radius 1 is 1.43 bits per heavy atom. The molecule has 2 rings (SSSR count). The van der Waals surface area contributed by atoms with Crippen LogP contribution in [0.5, 0.6) is 0 Å². The summed E-state index contributed by atoms with van der Waals surface area (Å²) < 4.78 is 0. The molecule has 14 heavy (non-hydrogen) atoms. The zero-order chi connectivity index (χ0) is 10.3. The number of ketones is 1. The predicted molar refractivity (Wildman–Crippen MR) is 58.0 cm³/mol. The lowest BCUT2D eigenvalue weighted by Gasteiger charge is -2.44. The van der Waals surface area contributed by atoms with Gasteiger partial charge in [-0.05, 0) is 37.0 Å². The van der Waals surface area contributed by atoms with Gasteiger partial charge in [0.15, 0.2) is 0 Å². The van der Waals surface area contributed by atoms with E-state index in [0.717, 1.165) is 31.1 Å². The molecule has 2 aliphatic carbocycles. The van der Waals surface area contributed by atoms with Crippen molar-refractivity contribution in [2.75, 3.05) is 0 Å². The largest absolute Gasteiger partial charge is 0.299 e. The van der Waals surface area contributed by atoms with Gasteiger partial charge in [-0.2, -0.15) is 0 Å². The summed E-state index contributed by atoms with van der Waals surface area (Å²) in [6.45, 7) is 6.88. The first kappa shape index (κ1) is 10.2. The normalized spacial score (nSPS) is 47.9. The number of hydrogen-bond donors (Lipinski definition) is 0. The summed E-state index contributed by atoms with van der Waals surface area (Å²) in [6.07, 6.45) is 5.68. The van der Waals surface area contributed by atoms with Crippen molar-refractivity contribution in [1.29, 1.82) is 0 Å². The molecular formula is C13H22O. The minimum Gasteiger partial charge on any atom is -0.299 e. The van der Waals surface area contributed by atoms with Crippen LogP contribution in [0.1, 0.15) is 52.9 Å². The summed E-state index contributed by atoms with van der Waals surface area (Å²) in [7, 11) is 0. The lowest BCUT2D eigenvalue weighted by Crippen LogP contribution is -2.40. The SMILES string of the molecule is CCC1C(C)CCC2(C)C(=O)CCC12. The maximum atomic E-state index is 11.9. The Morgan fingerprint density at radius 3 is 2.79 bits per heavy atom. The van der Waals surface area contributed by atoms with Gasteiger partial charge in [0.2, 0.25) is 0 Å². The summed E-state index contributed by atoms with van der Waals surface area (Å²) >= 11 is 0. The van der Waals surface area contributed by atoms with E-state index in [-0.39, 0.29) is 5.41 Å². The first-order chi connectivity index (χ1) is 6.59. The monoisotopic (exact) mass is 194 g/mol. The molecule has 0 spiro atoms. The molecule has 2 fully saturated rings. The van der Waals surface area contributed by atoms with E-state index in [1.165, 1.54) is 12.8 Å². The molecule has 0 saturated heterocycles. The molecule has 0 aromatic carbocycles. The zero-order valence-corrected chi connectivity index (χ0v) is 9.68. The first-order valence-corrected chi connectivity index (χ1v) is 6.13. The highest BCUT2D eigenvalue weighted by atomic mass is 16.1. The van der Waals surface area contributed by atoms with Gasteiger partial charge < -0.3 is 0 Å². The molecule has 1 heteroatoms. The quantitative estimate of drug-likeness (QED) is 0.625. The van der Waals surface area contributed by atoms with E-state index < -0.39 is 0 Å². The van der Waals surface area contributed by atoms with Gasteiger partial charge in [0.05, 0.1) is 0 Å². The van der Waals surface area contributed by atoms with Gasteiger partial charge in [-0.25, -0.2) is 0 Å². The Labute approximate surface area is 87.3 Å². The topological polar surface area (TPSA) is 17.1 Å². The molecule has 2 aliphatic rings. The van der Waals surface area contributed by atoms with Crippen LogP contribution in [0.3, 0.4) is 0 Å². The third-order valence-electron chi connectivity index (χ3n) is 4.98. The number of carbonyl (C=O) groups excluding carboxylic acids is 1. The second kappa shape index (κ2) is 3.36. The Balaban J connectivity index is 2.26. The highest BCUT2D eigenvalue weighted by molar-refractivity contribution is 5.87. The average molecular weight is 194 g/mol. The molecule has 0 N–H and O–H groups in total. The lowest BCUT2D eigenvalue weighted by atomic mass is 9.60. The van der Waals surface area contributed by atoms with Gasteiger partial charge in [-0.15, -0.1) is 0 Å². The van der Waals surface area contributed by atoms with E-state index >= 15 is 0 Å². The van der Waals surface area contributed by atoms with Gasteiger partial charge in [0.25, 0.3) is 0 Å². The first-order valence-electron chi connectivity index (χ1n) is 6.13. The Bertz CT molecular complexity index is 246. The zero-order valence-electron chi connectivity index (χ0n) is 9.68. The lowest BCUT2D eigenvalue weighted by molar-refractivity contribution is -0.129. The Kier molecular flexibility index (Phi) is 2.45. The van der Waals surface area contributed by atoms with Gasteiger partial charge in [0.1, 0.15) is 5.78 Å². The minimum atomic E-state index is 0.0627. The second-order valence-corrected chi connectivity index (χ2v) is 5.57. The molecule has 0 aromatic rings. The van der Waals surface area contributed by atoms with Crippen LogP contribution in [-0.2, 0) is 4.79 Å².